The van der Waals surface area contributed by atoms with Gasteiger partial charge in [0.25, 0.3) is 5.91 Å². The molecule has 0 bridgehead atoms. The van der Waals surface area contributed by atoms with E-state index in [2.05, 4.69) is 15.9 Å². The summed E-state index contributed by atoms with van der Waals surface area (Å²) in [7, 11) is 0. The Balaban J connectivity index is 2.15. The molecule has 6 heteroatoms. The molecule has 2 rings (SSSR count). The summed E-state index contributed by atoms with van der Waals surface area (Å²) in [6.07, 6.45) is -0.577. The maximum atomic E-state index is 12.2. The number of nitrogens with zero attached hydrogens (tertiary/aromatic N) is 2. The molecule has 5 nitrogen and oxygen atoms in total. The molecule has 1 aromatic rings. The minimum atomic E-state index is -0.577. The number of rotatable bonds is 1. The summed E-state index contributed by atoms with van der Waals surface area (Å²) in [5.74, 6) is -0.188. The molecule has 1 atom stereocenters. The molecular formula is C12H11BrN2O3. The van der Waals surface area contributed by atoms with Gasteiger partial charge in [-0.25, -0.2) is 0 Å². The third-order valence-corrected chi connectivity index (χ3v) is 3.36. The monoisotopic (exact) mass is 310 g/mol. The predicted octanol–water partition coefficient (Wildman–Crippen LogP) is 1.52. The van der Waals surface area contributed by atoms with Crippen molar-refractivity contribution in [1.82, 2.24) is 4.90 Å². The number of benzene rings is 1. The van der Waals surface area contributed by atoms with Crippen LogP contribution in [0.4, 0.5) is 0 Å². The first-order chi connectivity index (χ1) is 8.61. The molecule has 94 valence electrons. The van der Waals surface area contributed by atoms with Gasteiger partial charge in [0, 0.05) is 12.1 Å². The number of phenols is 1. The second-order valence-corrected chi connectivity index (χ2v) is 4.76. The number of halogens is 1. The van der Waals surface area contributed by atoms with Gasteiger partial charge >= 0.3 is 0 Å². The summed E-state index contributed by atoms with van der Waals surface area (Å²) in [5.41, 5.74) is 0.397. The highest BCUT2D eigenvalue weighted by atomic mass is 79.9. The van der Waals surface area contributed by atoms with Crippen molar-refractivity contribution < 1.29 is 14.6 Å². The van der Waals surface area contributed by atoms with Crippen LogP contribution in [0.15, 0.2) is 22.7 Å². The molecular weight excluding hydrogens is 300 g/mol. The van der Waals surface area contributed by atoms with Crippen LogP contribution in [0.25, 0.3) is 0 Å². The van der Waals surface area contributed by atoms with Crippen molar-refractivity contribution in [2.24, 2.45) is 0 Å². The van der Waals surface area contributed by atoms with Crippen molar-refractivity contribution in [3.8, 4) is 11.8 Å². The topological polar surface area (TPSA) is 73.6 Å². The van der Waals surface area contributed by atoms with Gasteiger partial charge in [-0.3, -0.25) is 4.79 Å². The fourth-order valence-corrected chi connectivity index (χ4v) is 1.99. The van der Waals surface area contributed by atoms with Crippen LogP contribution in [0.5, 0.6) is 5.75 Å². The van der Waals surface area contributed by atoms with E-state index in [1.165, 1.54) is 6.07 Å². The summed E-state index contributed by atoms with van der Waals surface area (Å²) < 4.78 is 5.71. The lowest BCUT2D eigenvalue weighted by Crippen LogP contribution is -2.45. The van der Waals surface area contributed by atoms with E-state index in [4.69, 9.17) is 10.00 Å². The molecule has 1 fully saturated rings. The fourth-order valence-electron chi connectivity index (χ4n) is 1.74. The van der Waals surface area contributed by atoms with Crippen molar-refractivity contribution in [3.05, 3.63) is 28.2 Å². The fraction of sp³-hybridized carbons (Fsp3) is 0.333. The SMILES string of the molecule is N#CC1CN(C(=O)c2ccc(Br)c(O)c2)CCO1. The number of amides is 1. The van der Waals surface area contributed by atoms with E-state index < -0.39 is 6.10 Å². The Bertz CT molecular complexity index is 513. The van der Waals surface area contributed by atoms with Crippen LogP contribution in [-0.2, 0) is 4.74 Å². The van der Waals surface area contributed by atoms with Gasteiger partial charge in [0.15, 0.2) is 6.10 Å². The van der Waals surface area contributed by atoms with Gasteiger partial charge in [-0.2, -0.15) is 5.26 Å². The van der Waals surface area contributed by atoms with E-state index in [1.807, 2.05) is 6.07 Å². The number of carbonyl (C=O) groups is 1. The number of aromatic hydroxyl groups is 1. The highest BCUT2D eigenvalue weighted by Crippen LogP contribution is 2.25. The Morgan fingerprint density at radius 1 is 1.61 bits per heavy atom. The lowest BCUT2D eigenvalue weighted by Gasteiger charge is -2.29. The van der Waals surface area contributed by atoms with E-state index in [-0.39, 0.29) is 18.2 Å². The number of nitriles is 1. The minimum absolute atomic E-state index is 0.0194. The summed E-state index contributed by atoms with van der Waals surface area (Å²) in [6, 6.07) is 6.64. The van der Waals surface area contributed by atoms with Gasteiger partial charge in [0.05, 0.1) is 23.7 Å². The summed E-state index contributed by atoms with van der Waals surface area (Å²) in [5, 5.41) is 18.3. The molecule has 0 aromatic heterocycles. The van der Waals surface area contributed by atoms with Gasteiger partial charge < -0.3 is 14.7 Å². The average molecular weight is 311 g/mol. The molecule has 0 radical (unpaired) electrons. The highest BCUT2D eigenvalue weighted by molar-refractivity contribution is 9.10. The highest BCUT2D eigenvalue weighted by Gasteiger charge is 2.25. The number of morpholine rings is 1. The third-order valence-electron chi connectivity index (χ3n) is 2.69. The largest absolute Gasteiger partial charge is 0.507 e. The zero-order valence-corrected chi connectivity index (χ0v) is 11.1. The summed E-state index contributed by atoms with van der Waals surface area (Å²) in [4.78, 5) is 13.7. The Morgan fingerprint density at radius 2 is 2.39 bits per heavy atom. The van der Waals surface area contributed by atoms with E-state index in [0.717, 1.165) is 0 Å². The molecule has 1 saturated heterocycles. The zero-order valence-electron chi connectivity index (χ0n) is 9.47. The van der Waals surface area contributed by atoms with Crippen LogP contribution in [0.2, 0.25) is 0 Å². The lowest BCUT2D eigenvalue weighted by molar-refractivity contribution is 0.00345. The van der Waals surface area contributed by atoms with Crippen LogP contribution in [0, 0.1) is 11.3 Å². The van der Waals surface area contributed by atoms with Gasteiger partial charge in [-0.15, -0.1) is 0 Å². The van der Waals surface area contributed by atoms with Crippen LogP contribution < -0.4 is 0 Å². The first kappa shape index (κ1) is 12.9. The van der Waals surface area contributed by atoms with Crippen molar-refractivity contribution in [3.63, 3.8) is 0 Å². The van der Waals surface area contributed by atoms with E-state index >= 15 is 0 Å². The molecule has 1 N–H and O–H groups in total. The number of ether oxygens (including phenoxy) is 1. The second kappa shape index (κ2) is 5.38. The second-order valence-electron chi connectivity index (χ2n) is 3.91. The predicted molar refractivity (Wildman–Crippen MR) is 67.1 cm³/mol. The minimum Gasteiger partial charge on any atom is -0.507 e. The number of phenolic OH excluding ortho intramolecular Hbond substituents is 1. The van der Waals surface area contributed by atoms with Crippen molar-refractivity contribution in [1.29, 1.82) is 5.26 Å². The van der Waals surface area contributed by atoms with E-state index in [1.54, 1.807) is 17.0 Å². The molecule has 0 saturated carbocycles. The Hall–Kier alpha value is -1.58. The van der Waals surface area contributed by atoms with Crippen LogP contribution >= 0.6 is 15.9 Å². The van der Waals surface area contributed by atoms with Gasteiger partial charge in [0.2, 0.25) is 0 Å². The molecule has 1 aromatic carbocycles. The first-order valence-electron chi connectivity index (χ1n) is 5.41. The van der Waals surface area contributed by atoms with Crippen LogP contribution in [-0.4, -0.2) is 41.7 Å². The third kappa shape index (κ3) is 2.63. The number of hydrogen-bond donors (Lipinski definition) is 1. The number of hydrogen-bond acceptors (Lipinski definition) is 4. The van der Waals surface area contributed by atoms with Crippen LogP contribution in [0.1, 0.15) is 10.4 Å². The Kier molecular flexibility index (Phi) is 3.84. The molecule has 1 aliphatic rings. The van der Waals surface area contributed by atoms with E-state index in [0.29, 0.717) is 23.2 Å². The molecule has 1 unspecified atom stereocenters. The molecule has 1 heterocycles. The maximum absolute atomic E-state index is 12.2. The average Bonchev–Trinajstić information content (AvgIpc) is 2.41. The van der Waals surface area contributed by atoms with Gasteiger partial charge in [0.1, 0.15) is 5.75 Å². The molecule has 0 aliphatic carbocycles. The van der Waals surface area contributed by atoms with Crippen molar-refractivity contribution in [2.45, 2.75) is 6.10 Å². The first-order valence-corrected chi connectivity index (χ1v) is 6.20. The van der Waals surface area contributed by atoms with Gasteiger partial charge in [-0.05, 0) is 34.1 Å². The Morgan fingerprint density at radius 3 is 3.06 bits per heavy atom. The van der Waals surface area contributed by atoms with Crippen molar-refractivity contribution >= 4 is 21.8 Å². The normalized spacial score (nSPS) is 19.3. The maximum Gasteiger partial charge on any atom is 0.254 e. The summed E-state index contributed by atoms with van der Waals surface area (Å²) in [6.45, 7) is 1.06. The molecule has 1 aliphatic heterocycles. The quantitative estimate of drug-likeness (QED) is 0.853. The number of carbonyl (C=O) groups excluding carboxylic acids is 1. The lowest BCUT2D eigenvalue weighted by atomic mass is 10.1. The van der Waals surface area contributed by atoms with Gasteiger partial charge in [-0.1, -0.05) is 0 Å². The molecule has 0 spiro atoms. The van der Waals surface area contributed by atoms with E-state index in [9.17, 15) is 9.90 Å². The Labute approximate surface area is 113 Å². The summed E-state index contributed by atoms with van der Waals surface area (Å²) >= 11 is 3.16. The standard InChI is InChI=1S/C12H11BrN2O3/c13-10-2-1-8(5-11(10)16)12(17)15-3-4-18-9(6-14)7-15/h1-2,5,9,16H,3-4,7H2. The smallest absolute Gasteiger partial charge is 0.254 e. The van der Waals surface area contributed by atoms with Crippen LogP contribution in [0.3, 0.4) is 0 Å². The van der Waals surface area contributed by atoms with Crippen molar-refractivity contribution in [2.75, 3.05) is 19.7 Å². The zero-order chi connectivity index (χ0) is 13.1. The molecule has 1 amide bonds. The molecule has 18 heavy (non-hydrogen) atoms.